The van der Waals surface area contributed by atoms with E-state index in [4.69, 9.17) is 0 Å². The van der Waals surface area contributed by atoms with Crippen LogP contribution in [0.2, 0.25) is 0 Å². The van der Waals surface area contributed by atoms with Crippen LogP contribution in [0.4, 0.5) is 0 Å². The monoisotopic (exact) mass is 262 g/mol. The van der Waals surface area contributed by atoms with Crippen LogP contribution in [0.15, 0.2) is 30.3 Å². The second-order valence-corrected chi connectivity index (χ2v) is 5.58. The van der Waals surface area contributed by atoms with Gasteiger partial charge in [-0.15, -0.1) is 0 Å². The maximum atomic E-state index is 3.73. The zero-order chi connectivity index (χ0) is 14.3. The van der Waals surface area contributed by atoms with E-state index in [1.165, 1.54) is 12.0 Å². The summed E-state index contributed by atoms with van der Waals surface area (Å²) in [4.78, 5) is 2.49. The van der Waals surface area contributed by atoms with E-state index in [-0.39, 0.29) is 0 Å². The lowest BCUT2D eigenvalue weighted by atomic mass is 9.95. The van der Waals surface area contributed by atoms with Gasteiger partial charge in [0.15, 0.2) is 0 Å². The summed E-state index contributed by atoms with van der Waals surface area (Å²) < 4.78 is 0. The van der Waals surface area contributed by atoms with Crippen molar-refractivity contribution in [2.75, 3.05) is 13.6 Å². The van der Waals surface area contributed by atoms with Gasteiger partial charge in [-0.1, -0.05) is 44.2 Å². The maximum absolute atomic E-state index is 3.73. The van der Waals surface area contributed by atoms with E-state index >= 15 is 0 Å². The minimum absolute atomic E-state index is 0.415. The molecule has 2 unspecified atom stereocenters. The Morgan fingerprint density at radius 3 is 2.21 bits per heavy atom. The zero-order valence-corrected chi connectivity index (χ0v) is 13.2. The fraction of sp³-hybridized carbons (Fsp3) is 0.647. The first-order valence-electron chi connectivity index (χ1n) is 7.62. The highest BCUT2D eigenvalue weighted by molar-refractivity contribution is 5.20. The van der Waals surface area contributed by atoms with E-state index in [0.717, 1.165) is 13.0 Å². The Morgan fingerprint density at radius 1 is 1.11 bits per heavy atom. The third-order valence-electron chi connectivity index (χ3n) is 3.91. The summed E-state index contributed by atoms with van der Waals surface area (Å²) in [6.45, 7) is 10.1. The topological polar surface area (TPSA) is 15.3 Å². The molecule has 1 N–H and O–H groups in total. The van der Waals surface area contributed by atoms with Gasteiger partial charge in [0, 0.05) is 18.1 Å². The molecule has 1 aromatic rings. The third kappa shape index (κ3) is 4.63. The number of rotatable bonds is 8. The predicted octanol–water partition coefficient (Wildman–Crippen LogP) is 3.85. The van der Waals surface area contributed by atoms with E-state index < -0.39 is 0 Å². The molecule has 0 spiro atoms. The van der Waals surface area contributed by atoms with Crippen molar-refractivity contribution in [1.29, 1.82) is 0 Å². The van der Waals surface area contributed by atoms with Crippen molar-refractivity contribution in [2.24, 2.45) is 0 Å². The van der Waals surface area contributed by atoms with Crippen molar-refractivity contribution in [1.82, 2.24) is 10.2 Å². The van der Waals surface area contributed by atoms with Crippen molar-refractivity contribution >= 4 is 0 Å². The molecular weight excluding hydrogens is 232 g/mol. The van der Waals surface area contributed by atoms with Crippen molar-refractivity contribution in [3.63, 3.8) is 0 Å². The van der Waals surface area contributed by atoms with Gasteiger partial charge in [-0.05, 0) is 45.8 Å². The first kappa shape index (κ1) is 16.2. The Balaban J connectivity index is 2.94. The Bertz CT molecular complexity index is 334. The van der Waals surface area contributed by atoms with Gasteiger partial charge in [0.2, 0.25) is 0 Å². The van der Waals surface area contributed by atoms with Crippen molar-refractivity contribution in [2.45, 2.75) is 58.7 Å². The molecule has 0 heterocycles. The highest BCUT2D eigenvalue weighted by Crippen LogP contribution is 2.24. The van der Waals surface area contributed by atoms with Crippen LogP contribution in [0.5, 0.6) is 0 Å². The molecule has 0 bridgehead atoms. The van der Waals surface area contributed by atoms with Gasteiger partial charge in [-0.25, -0.2) is 0 Å². The summed E-state index contributed by atoms with van der Waals surface area (Å²) in [7, 11) is 2.24. The van der Waals surface area contributed by atoms with Crippen LogP contribution in [-0.2, 0) is 0 Å². The lowest BCUT2D eigenvalue weighted by Gasteiger charge is -2.37. The van der Waals surface area contributed by atoms with Crippen LogP contribution >= 0.6 is 0 Å². The summed E-state index contributed by atoms with van der Waals surface area (Å²) in [6.07, 6.45) is 2.33. The SMILES string of the molecule is CCCNC(c1ccccc1)C(CC)N(C)C(C)C. The molecular formula is C17H30N2. The number of nitrogens with zero attached hydrogens (tertiary/aromatic N) is 1. The average Bonchev–Trinajstić information content (AvgIpc) is 2.43. The molecule has 0 radical (unpaired) electrons. The highest BCUT2D eigenvalue weighted by Gasteiger charge is 2.25. The summed E-state index contributed by atoms with van der Waals surface area (Å²) in [5.74, 6) is 0. The molecule has 0 amide bonds. The molecule has 0 aromatic heterocycles. The highest BCUT2D eigenvalue weighted by atomic mass is 15.2. The minimum atomic E-state index is 0.415. The van der Waals surface area contributed by atoms with Gasteiger partial charge < -0.3 is 5.32 Å². The lowest BCUT2D eigenvalue weighted by molar-refractivity contribution is 0.150. The number of likely N-dealkylation sites (N-methyl/N-ethyl adjacent to an activating group) is 1. The molecule has 1 rings (SSSR count). The maximum Gasteiger partial charge on any atom is 0.0478 e. The van der Waals surface area contributed by atoms with Gasteiger partial charge in [0.1, 0.15) is 0 Å². The molecule has 0 aliphatic rings. The zero-order valence-electron chi connectivity index (χ0n) is 13.2. The van der Waals surface area contributed by atoms with E-state index in [1.54, 1.807) is 0 Å². The van der Waals surface area contributed by atoms with Crippen LogP contribution < -0.4 is 5.32 Å². The summed E-state index contributed by atoms with van der Waals surface area (Å²) in [5, 5.41) is 3.73. The number of nitrogens with one attached hydrogen (secondary N) is 1. The van der Waals surface area contributed by atoms with Gasteiger partial charge >= 0.3 is 0 Å². The molecule has 2 nitrogen and oxygen atoms in total. The largest absolute Gasteiger partial charge is 0.309 e. The first-order valence-corrected chi connectivity index (χ1v) is 7.62. The van der Waals surface area contributed by atoms with Gasteiger partial charge in [0.25, 0.3) is 0 Å². The number of hydrogen-bond acceptors (Lipinski definition) is 2. The van der Waals surface area contributed by atoms with Gasteiger partial charge in [-0.2, -0.15) is 0 Å². The molecule has 0 saturated heterocycles. The normalized spacial score (nSPS) is 14.9. The Hall–Kier alpha value is -0.860. The predicted molar refractivity (Wildman–Crippen MR) is 84.5 cm³/mol. The number of hydrogen-bond donors (Lipinski definition) is 1. The Labute approximate surface area is 119 Å². The first-order chi connectivity index (χ1) is 9.11. The minimum Gasteiger partial charge on any atom is -0.309 e. The molecule has 0 saturated carbocycles. The van der Waals surface area contributed by atoms with Crippen molar-refractivity contribution in [3.8, 4) is 0 Å². The second-order valence-electron chi connectivity index (χ2n) is 5.58. The molecule has 0 fully saturated rings. The van der Waals surface area contributed by atoms with Crippen molar-refractivity contribution < 1.29 is 0 Å². The summed E-state index contributed by atoms with van der Waals surface area (Å²) in [6, 6.07) is 12.4. The number of benzene rings is 1. The average molecular weight is 262 g/mol. The quantitative estimate of drug-likeness (QED) is 0.765. The van der Waals surface area contributed by atoms with Crippen LogP contribution in [0.1, 0.15) is 52.1 Å². The Kier molecular flexibility index (Phi) is 7.11. The fourth-order valence-electron chi connectivity index (χ4n) is 2.58. The molecule has 0 aliphatic heterocycles. The third-order valence-corrected chi connectivity index (χ3v) is 3.91. The van der Waals surface area contributed by atoms with Crippen LogP contribution in [0, 0.1) is 0 Å². The summed E-state index contributed by atoms with van der Waals surface area (Å²) in [5.41, 5.74) is 1.40. The van der Waals surface area contributed by atoms with E-state index in [0.29, 0.717) is 18.1 Å². The van der Waals surface area contributed by atoms with Crippen LogP contribution in [0.3, 0.4) is 0 Å². The van der Waals surface area contributed by atoms with Gasteiger partial charge in [-0.3, -0.25) is 4.90 Å². The lowest BCUT2D eigenvalue weighted by Crippen LogP contribution is -2.45. The standard InChI is InChI=1S/C17H30N2/c1-6-13-18-17(15-11-9-8-10-12-15)16(7-2)19(5)14(3)4/h8-12,14,16-18H,6-7,13H2,1-5H3. The van der Waals surface area contributed by atoms with E-state index in [2.05, 4.69) is 75.3 Å². The second kappa shape index (κ2) is 8.34. The van der Waals surface area contributed by atoms with Crippen LogP contribution in [0.25, 0.3) is 0 Å². The molecule has 2 heteroatoms. The molecule has 108 valence electrons. The van der Waals surface area contributed by atoms with E-state index in [1.807, 2.05) is 0 Å². The molecule has 1 aromatic carbocycles. The van der Waals surface area contributed by atoms with Crippen molar-refractivity contribution in [3.05, 3.63) is 35.9 Å². The Morgan fingerprint density at radius 2 is 1.74 bits per heavy atom. The summed E-state index contributed by atoms with van der Waals surface area (Å²) >= 11 is 0. The molecule has 19 heavy (non-hydrogen) atoms. The van der Waals surface area contributed by atoms with Gasteiger partial charge in [0.05, 0.1) is 0 Å². The van der Waals surface area contributed by atoms with Crippen LogP contribution in [-0.4, -0.2) is 30.6 Å². The molecule has 0 aliphatic carbocycles. The fourth-order valence-corrected chi connectivity index (χ4v) is 2.58. The smallest absolute Gasteiger partial charge is 0.0478 e. The molecule has 2 atom stereocenters. The van der Waals surface area contributed by atoms with E-state index in [9.17, 15) is 0 Å².